The molecule has 0 amide bonds. The third-order valence-electron chi connectivity index (χ3n) is 4.79. The Morgan fingerprint density at radius 1 is 1.19 bits per heavy atom. The van der Waals surface area contributed by atoms with Gasteiger partial charge in [-0.05, 0) is 37.6 Å². The zero-order valence-corrected chi connectivity index (χ0v) is 18.3. The molecule has 2 aromatic carbocycles. The predicted octanol–water partition coefficient (Wildman–Crippen LogP) is 4.19. The molecule has 0 aliphatic heterocycles. The molecule has 8 heteroatoms. The van der Waals surface area contributed by atoms with Crippen LogP contribution >= 0.6 is 11.8 Å². The number of allylic oxidation sites excluding steroid dienone is 1. The zero-order valence-electron chi connectivity index (χ0n) is 17.5. The van der Waals surface area contributed by atoms with Crippen LogP contribution in [0.2, 0.25) is 0 Å². The largest absolute Gasteiger partial charge is 0.485 e. The van der Waals surface area contributed by atoms with Crippen molar-refractivity contribution in [2.75, 3.05) is 0 Å². The molecule has 31 heavy (non-hydrogen) atoms. The van der Waals surface area contributed by atoms with E-state index in [-0.39, 0.29) is 5.56 Å². The molecule has 1 N–H and O–H groups in total. The second-order valence-electron chi connectivity index (χ2n) is 7.17. The van der Waals surface area contributed by atoms with Gasteiger partial charge in [0, 0.05) is 6.54 Å². The van der Waals surface area contributed by atoms with Crippen LogP contribution < -0.4 is 10.3 Å². The molecule has 2 heterocycles. The van der Waals surface area contributed by atoms with Crippen LogP contribution in [0.25, 0.3) is 10.9 Å². The summed E-state index contributed by atoms with van der Waals surface area (Å²) in [6.07, 6.45) is 1.80. The molecule has 4 aromatic rings. The summed E-state index contributed by atoms with van der Waals surface area (Å²) >= 11 is 1.46. The van der Waals surface area contributed by atoms with Crippen molar-refractivity contribution < 1.29 is 4.74 Å². The fourth-order valence-electron chi connectivity index (χ4n) is 3.28. The minimum absolute atomic E-state index is 0.142. The first-order chi connectivity index (χ1) is 15.0. The fraction of sp³-hybridized carbons (Fsp3) is 0.217. The van der Waals surface area contributed by atoms with Gasteiger partial charge in [-0.15, -0.1) is 16.8 Å². The van der Waals surface area contributed by atoms with Crippen molar-refractivity contribution in [2.45, 2.75) is 37.9 Å². The van der Waals surface area contributed by atoms with Gasteiger partial charge in [-0.2, -0.15) is 0 Å². The number of nitrogens with zero attached hydrogens (tertiary/aromatic N) is 4. The van der Waals surface area contributed by atoms with E-state index in [9.17, 15) is 4.79 Å². The van der Waals surface area contributed by atoms with E-state index in [0.717, 1.165) is 16.5 Å². The molecule has 0 aliphatic rings. The van der Waals surface area contributed by atoms with E-state index in [0.29, 0.717) is 41.5 Å². The first-order valence-corrected chi connectivity index (χ1v) is 10.9. The van der Waals surface area contributed by atoms with E-state index >= 15 is 0 Å². The fourth-order valence-corrected chi connectivity index (χ4v) is 4.12. The Bertz CT molecular complexity index is 1290. The second kappa shape index (κ2) is 9.18. The molecule has 158 valence electrons. The summed E-state index contributed by atoms with van der Waals surface area (Å²) < 4.78 is 7.94. The smallest absolute Gasteiger partial charge is 0.258 e. The van der Waals surface area contributed by atoms with Gasteiger partial charge in [0.1, 0.15) is 18.2 Å². The van der Waals surface area contributed by atoms with E-state index < -0.39 is 0 Å². The number of aryl methyl sites for hydroxylation is 2. The summed E-state index contributed by atoms with van der Waals surface area (Å²) in [7, 11) is 0. The van der Waals surface area contributed by atoms with E-state index in [1.807, 2.05) is 41.8 Å². The van der Waals surface area contributed by atoms with Gasteiger partial charge in [0.25, 0.3) is 5.56 Å². The Labute approximate surface area is 184 Å². The number of benzene rings is 2. The van der Waals surface area contributed by atoms with Crippen molar-refractivity contribution >= 4 is 22.7 Å². The maximum absolute atomic E-state index is 12.3. The SMILES string of the molecule is C=CCn1c(COc2ccc(C)cc2C)nnc1SCc1nc2ccccc2c(=O)[nH]1. The number of thioether (sulfide) groups is 1. The van der Waals surface area contributed by atoms with Crippen LogP contribution in [0.5, 0.6) is 5.75 Å². The third kappa shape index (κ3) is 4.69. The number of H-pyrrole nitrogens is 1. The van der Waals surface area contributed by atoms with Crippen molar-refractivity contribution in [2.24, 2.45) is 0 Å². The minimum Gasteiger partial charge on any atom is -0.485 e. The van der Waals surface area contributed by atoms with Crippen molar-refractivity contribution in [3.8, 4) is 5.75 Å². The van der Waals surface area contributed by atoms with Crippen molar-refractivity contribution in [3.63, 3.8) is 0 Å². The molecule has 0 fully saturated rings. The third-order valence-corrected chi connectivity index (χ3v) is 5.77. The highest BCUT2D eigenvalue weighted by molar-refractivity contribution is 7.98. The highest BCUT2D eigenvalue weighted by Gasteiger charge is 2.14. The van der Waals surface area contributed by atoms with Gasteiger partial charge in [-0.1, -0.05) is 47.7 Å². The van der Waals surface area contributed by atoms with E-state index in [1.54, 1.807) is 12.1 Å². The van der Waals surface area contributed by atoms with Gasteiger partial charge in [0.2, 0.25) is 0 Å². The number of aromatic amines is 1. The summed E-state index contributed by atoms with van der Waals surface area (Å²) in [5.74, 6) is 2.59. The van der Waals surface area contributed by atoms with Crippen molar-refractivity contribution in [1.82, 2.24) is 24.7 Å². The summed E-state index contributed by atoms with van der Waals surface area (Å²) in [5.41, 5.74) is 2.81. The van der Waals surface area contributed by atoms with Gasteiger partial charge in [-0.25, -0.2) is 4.98 Å². The van der Waals surface area contributed by atoms with Crippen LogP contribution in [0.15, 0.2) is 65.1 Å². The van der Waals surface area contributed by atoms with Gasteiger partial charge >= 0.3 is 0 Å². The van der Waals surface area contributed by atoms with Crippen LogP contribution in [-0.2, 0) is 18.9 Å². The van der Waals surface area contributed by atoms with Crippen LogP contribution in [0.1, 0.15) is 22.8 Å². The Hall–Kier alpha value is -3.39. The highest BCUT2D eigenvalue weighted by Crippen LogP contribution is 2.23. The van der Waals surface area contributed by atoms with Gasteiger partial charge < -0.3 is 9.72 Å². The molecule has 7 nitrogen and oxygen atoms in total. The molecule has 4 rings (SSSR count). The lowest BCUT2D eigenvalue weighted by Crippen LogP contribution is -2.11. The Kier molecular flexibility index (Phi) is 6.18. The Morgan fingerprint density at radius 3 is 2.84 bits per heavy atom. The molecular weight excluding hydrogens is 410 g/mol. The molecule has 0 bridgehead atoms. The maximum Gasteiger partial charge on any atom is 0.258 e. The second-order valence-corrected chi connectivity index (χ2v) is 8.12. The van der Waals surface area contributed by atoms with E-state index in [2.05, 4.69) is 39.7 Å². The predicted molar refractivity (Wildman–Crippen MR) is 122 cm³/mol. The lowest BCUT2D eigenvalue weighted by molar-refractivity contribution is 0.287. The normalized spacial score (nSPS) is 11.0. The Balaban J connectivity index is 1.50. The quantitative estimate of drug-likeness (QED) is 0.331. The molecule has 0 saturated heterocycles. The first-order valence-electron chi connectivity index (χ1n) is 9.89. The molecule has 0 atom stereocenters. The standard InChI is InChI=1S/C23H23N5O2S/c1-4-11-28-21(13-30-19-10-9-15(2)12-16(19)3)26-27-23(28)31-14-20-24-18-8-6-5-7-17(18)22(29)25-20/h4-10,12H,1,11,13-14H2,2-3H3,(H,24,25,29). The number of para-hydroxylation sites is 1. The maximum atomic E-state index is 12.3. The van der Waals surface area contributed by atoms with E-state index in [4.69, 9.17) is 4.74 Å². The number of fused-ring (bicyclic) bond motifs is 1. The monoisotopic (exact) mass is 433 g/mol. The van der Waals surface area contributed by atoms with Gasteiger partial charge in [0.05, 0.1) is 16.7 Å². The molecule has 0 saturated carbocycles. The zero-order chi connectivity index (χ0) is 21.8. The number of nitrogens with one attached hydrogen (secondary N) is 1. The lowest BCUT2D eigenvalue weighted by Gasteiger charge is -2.11. The average Bonchev–Trinajstić information content (AvgIpc) is 3.13. The molecule has 0 radical (unpaired) electrons. The van der Waals surface area contributed by atoms with Gasteiger partial charge in [0.15, 0.2) is 11.0 Å². The summed E-state index contributed by atoms with van der Waals surface area (Å²) in [6, 6.07) is 13.4. The average molecular weight is 434 g/mol. The van der Waals surface area contributed by atoms with Crippen molar-refractivity contribution in [3.05, 3.63) is 88.2 Å². The lowest BCUT2D eigenvalue weighted by atomic mass is 10.1. The Morgan fingerprint density at radius 2 is 2.03 bits per heavy atom. The van der Waals surface area contributed by atoms with Gasteiger partial charge in [-0.3, -0.25) is 9.36 Å². The number of rotatable bonds is 8. The number of ether oxygens (including phenoxy) is 1. The summed E-state index contributed by atoms with van der Waals surface area (Å²) in [5, 5.41) is 9.91. The van der Waals surface area contributed by atoms with Crippen LogP contribution in [-0.4, -0.2) is 24.7 Å². The molecule has 0 unspecified atom stereocenters. The minimum atomic E-state index is -0.142. The highest BCUT2D eigenvalue weighted by atomic mass is 32.2. The number of hydrogen-bond donors (Lipinski definition) is 1. The van der Waals surface area contributed by atoms with E-state index in [1.165, 1.54) is 17.3 Å². The molecule has 0 spiro atoms. The summed E-state index contributed by atoms with van der Waals surface area (Å²) in [6.45, 7) is 8.78. The van der Waals surface area contributed by atoms with Crippen LogP contribution in [0.3, 0.4) is 0 Å². The molecule has 0 aliphatic carbocycles. The number of aromatic nitrogens is 5. The van der Waals surface area contributed by atoms with Crippen LogP contribution in [0, 0.1) is 13.8 Å². The van der Waals surface area contributed by atoms with Crippen LogP contribution in [0.4, 0.5) is 0 Å². The molecular formula is C23H23N5O2S. The summed E-state index contributed by atoms with van der Waals surface area (Å²) in [4.78, 5) is 19.7. The number of hydrogen-bond acceptors (Lipinski definition) is 6. The van der Waals surface area contributed by atoms with Crippen molar-refractivity contribution in [1.29, 1.82) is 0 Å². The topological polar surface area (TPSA) is 85.7 Å². The first kappa shape index (κ1) is 20.9. The molecule has 2 aromatic heterocycles.